The van der Waals surface area contributed by atoms with Gasteiger partial charge in [-0.05, 0) is 45.0 Å². The number of piperazine rings is 1. The van der Waals surface area contributed by atoms with E-state index in [1.807, 2.05) is 20.8 Å². The number of rotatable bonds is 3. The fourth-order valence-electron chi connectivity index (χ4n) is 2.94. The summed E-state index contributed by atoms with van der Waals surface area (Å²) in [6, 6.07) is 6.06. The second-order valence-electron chi connectivity index (χ2n) is 7.79. The number of imidazole rings is 1. The zero-order chi connectivity index (χ0) is 20.3. The van der Waals surface area contributed by atoms with E-state index in [1.54, 1.807) is 39.0 Å². The number of aromatic nitrogens is 2. The minimum absolute atomic E-state index is 0.0353. The van der Waals surface area contributed by atoms with Crippen LogP contribution in [0.25, 0.3) is 11.3 Å². The van der Waals surface area contributed by atoms with Gasteiger partial charge in [0.2, 0.25) is 5.91 Å². The largest absolute Gasteiger partial charge is 0.444 e. The average Bonchev–Trinajstić information content (AvgIpc) is 3.09. The third kappa shape index (κ3) is 5.09. The Balaban J connectivity index is 1.52. The van der Waals surface area contributed by atoms with Gasteiger partial charge in [-0.1, -0.05) is 0 Å². The molecule has 0 unspecified atom stereocenters. The number of carbonyl (C=O) groups excluding carboxylic acids is 2. The van der Waals surface area contributed by atoms with E-state index in [0.717, 1.165) is 5.56 Å². The lowest BCUT2D eigenvalue weighted by Crippen LogP contribution is -2.52. The molecule has 28 heavy (non-hydrogen) atoms. The molecule has 0 aliphatic carbocycles. The number of carbonyl (C=O) groups is 2. The van der Waals surface area contributed by atoms with E-state index in [-0.39, 0.29) is 24.4 Å². The predicted molar refractivity (Wildman–Crippen MR) is 102 cm³/mol. The van der Waals surface area contributed by atoms with Crippen LogP contribution < -0.4 is 0 Å². The van der Waals surface area contributed by atoms with Crippen molar-refractivity contribution < 1.29 is 18.7 Å². The molecule has 2 aromatic rings. The van der Waals surface area contributed by atoms with Crippen LogP contribution in [0.4, 0.5) is 9.18 Å². The molecule has 1 fully saturated rings. The first-order valence-corrected chi connectivity index (χ1v) is 9.25. The smallest absolute Gasteiger partial charge is 0.410 e. The molecule has 0 spiro atoms. The number of hydrogen-bond acceptors (Lipinski definition) is 4. The van der Waals surface area contributed by atoms with E-state index in [2.05, 4.69) is 4.98 Å². The van der Waals surface area contributed by atoms with Gasteiger partial charge in [-0.25, -0.2) is 14.2 Å². The van der Waals surface area contributed by atoms with Gasteiger partial charge in [0.15, 0.2) is 0 Å². The van der Waals surface area contributed by atoms with Crippen LogP contribution in [0.1, 0.15) is 20.8 Å². The molecule has 0 N–H and O–H groups in total. The van der Waals surface area contributed by atoms with Crippen LogP contribution in [0.15, 0.2) is 36.8 Å². The van der Waals surface area contributed by atoms with Gasteiger partial charge >= 0.3 is 6.09 Å². The molecular formula is C20H25FN4O3. The molecule has 0 saturated carbocycles. The van der Waals surface area contributed by atoms with Crippen LogP contribution in [0.5, 0.6) is 0 Å². The topological polar surface area (TPSA) is 67.7 Å². The molecular weight excluding hydrogens is 363 g/mol. The Kier molecular flexibility index (Phi) is 5.67. The molecule has 3 rings (SSSR count). The molecule has 0 radical (unpaired) electrons. The molecule has 1 aromatic carbocycles. The highest BCUT2D eigenvalue weighted by atomic mass is 19.1. The first-order valence-electron chi connectivity index (χ1n) is 9.25. The fraction of sp³-hybridized carbons (Fsp3) is 0.450. The molecule has 1 aliphatic rings. The summed E-state index contributed by atoms with van der Waals surface area (Å²) in [6.45, 7) is 7.49. The highest BCUT2D eigenvalue weighted by Crippen LogP contribution is 2.17. The molecule has 2 heterocycles. The number of ether oxygens (including phenoxy) is 1. The van der Waals surface area contributed by atoms with Gasteiger partial charge in [-0.3, -0.25) is 4.79 Å². The van der Waals surface area contributed by atoms with Crippen LogP contribution in [0.3, 0.4) is 0 Å². The Morgan fingerprint density at radius 2 is 1.68 bits per heavy atom. The standard InChI is InChI=1S/C20H25FN4O3/c1-20(2,3)28-19(27)25-10-8-24(9-11-25)18(26)13-23-12-17(22-14-23)15-4-6-16(21)7-5-15/h4-7,12,14H,8-11,13H2,1-3H3. The van der Waals surface area contributed by atoms with Gasteiger partial charge in [0.25, 0.3) is 0 Å². The van der Waals surface area contributed by atoms with Gasteiger partial charge in [-0.2, -0.15) is 0 Å². The lowest BCUT2D eigenvalue weighted by Gasteiger charge is -2.35. The van der Waals surface area contributed by atoms with E-state index >= 15 is 0 Å². The Morgan fingerprint density at radius 3 is 2.29 bits per heavy atom. The maximum Gasteiger partial charge on any atom is 0.410 e. The summed E-state index contributed by atoms with van der Waals surface area (Å²) in [5, 5.41) is 0. The van der Waals surface area contributed by atoms with Crippen LogP contribution in [0, 0.1) is 5.82 Å². The number of amides is 2. The van der Waals surface area contributed by atoms with Crippen molar-refractivity contribution in [2.45, 2.75) is 32.9 Å². The van der Waals surface area contributed by atoms with Crippen molar-refractivity contribution in [1.82, 2.24) is 19.4 Å². The van der Waals surface area contributed by atoms with Crippen LogP contribution in [-0.2, 0) is 16.1 Å². The molecule has 0 bridgehead atoms. The maximum absolute atomic E-state index is 13.0. The summed E-state index contributed by atoms with van der Waals surface area (Å²) in [4.78, 5) is 32.3. The third-order valence-electron chi connectivity index (χ3n) is 4.38. The van der Waals surface area contributed by atoms with Crippen molar-refractivity contribution in [2.24, 2.45) is 0 Å². The monoisotopic (exact) mass is 388 g/mol. The Bertz CT molecular complexity index is 834. The second kappa shape index (κ2) is 8.00. The highest BCUT2D eigenvalue weighted by Gasteiger charge is 2.27. The van der Waals surface area contributed by atoms with Gasteiger partial charge in [0, 0.05) is 37.9 Å². The zero-order valence-electron chi connectivity index (χ0n) is 16.4. The van der Waals surface area contributed by atoms with Gasteiger partial charge < -0.3 is 19.1 Å². The maximum atomic E-state index is 13.0. The Morgan fingerprint density at radius 1 is 1.07 bits per heavy atom. The van der Waals surface area contributed by atoms with Crippen molar-refractivity contribution in [1.29, 1.82) is 0 Å². The molecule has 2 amide bonds. The first-order chi connectivity index (χ1) is 13.2. The van der Waals surface area contributed by atoms with Crippen LogP contribution in [-0.4, -0.2) is 63.1 Å². The summed E-state index contributed by atoms with van der Waals surface area (Å²) in [5.41, 5.74) is 0.939. The van der Waals surface area contributed by atoms with Crippen molar-refractivity contribution in [3.63, 3.8) is 0 Å². The van der Waals surface area contributed by atoms with Crippen molar-refractivity contribution in [3.05, 3.63) is 42.6 Å². The van der Waals surface area contributed by atoms with E-state index in [1.165, 1.54) is 12.1 Å². The Hall–Kier alpha value is -2.90. The van der Waals surface area contributed by atoms with E-state index in [9.17, 15) is 14.0 Å². The summed E-state index contributed by atoms with van der Waals surface area (Å²) < 4.78 is 20.1. The van der Waals surface area contributed by atoms with Crippen LogP contribution >= 0.6 is 0 Å². The average molecular weight is 388 g/mol. The quantitative estimate of drug-likeness (QED) is 0.811. The summed E-state index contributed by atoms with van der Waals surface area (Å²) in [6.07, 6.45) is 3.01. The highest BCUT2D eigenvalue weighted by molar-refractivity contribution is 5.77. The Labute approximate surface area is 163 Å². The third-order valence-corrected chi connectivity index (χ3v) is 4.38. The minimum atomic E-state index is -0.534. The molecule has 8 heteroatoms. The fourth-order valence-corrected chi connectivity index (χ4v) is 2.94. The van der Waals surface area contributed by atoms with Crippen molar-refractivity contribution in [3.8, 4) is 11.3 Å². The van der Waals surface area contributed by atoms with E-state index in [0.29, 0.717) is 31.9 Å². The lowest BCUT2D eigenvalue weighted by atomic mass is 10.2. The number of halogens is 1. The summed E-state index contributed by atoms with van der Waals surface area (Å²) in [7, 11) is 0. The van der Waals surface area contributed by atoms with Crippen LogP contribution in [0.2, 0.25) is 0 Å². The molecule has 1 aromatic heterocycles. The normalized spacial score (nSPS) is 14.9. The second-order valence-corrected chi connectivity index (χ2v) is 7.79. The van der Waals surface area contributed by atoms with Gasteiger partial charge in [0.05, 0.1) is 12.0 Å². The molecule has 7 nitrogen and oxygen atoms in total. The molecule has 1 aliphatic heterocycles. The number of benzene rings is 1. The predicted octanol–water partition coefficient (Wildman–Crippen LogP) is 2.77. The number of hydrogen-bond donors (Lipinski definition) is 0. The van der Waals surface area contributed by atoms with Crippen molar-refractivity contribution in [2.75, 3.05) is 26.2 Å². The van der Waals surface area contributed by atoms with Crippen molar-refractivity contribution >= 4 is 12.0 Å². The molecule has 0 atom stereocenters. The lowest BCUT2D eigenvalue weighted by molar-refractivity contribution is -0.133. The zero-order valence-corrected chi connectivity index (χ0v) is 16.4. The van der Waals surface area contributed by atoms with E-state index in [4.69, 9.17) is 4.74 Å². The van der Waals surface area contributed by atoms with E-state index < -0.39 is 5.60 Å². The summed E-state index contributed by atoms with van der Waals surface area (Å²) in [5.74, 6) is -0.337. The van der Waals surface area contributed by atoms with Gasteiger partial charge in [-0.15, -0.1) is 0 Å². The minimum Gasteiger partial charge on any atom is -0.444 e. The molecule has 150 valence electrons. The first kappa shape index (κ1) is 19.9. The number of nitrogens with zero attached hydrogens (tertiary/aromatic N) is 4. The SMILES string of the molecule is CC(C)(C)OC(=O)N1CCN(C(=O)Cn2cnc(-c3ccc(F)cc3)c2)CC1. The summed E-state index contributed by atoms with van der Waals surface area (Å²) >= 11 is 0. The van der Waals surface area contributed by atoms with Gasteiger partial charge in [0.1, 0.15) is 18.0 Å². The molecule has 1 saturated heterocycles.